The van der Waals surface area contributed by atoms with Crippen LogP contribution in [0.2, 0.25) is 0 Å². The Hall–Kier alpha value is -1.51. The lowest BCUT2D eigenvalue weighted by Crippen LogP contribution is -1.94. The van der Waals surface area contributed by atoms with Crippen molar-refractivity contribution >= 4 is 16.7 Å². The Balaban J connectivity index is 2.33. The van der Waals surface area contributed by atoms with E-state index < -0.39 is 0 Å². The zero-order valence-corrected chi connectivity index (χ0v) is 8.20. The molecule has 72 valence electrons. The van der Waals surface area contributed by atoms with Gasteiger partial charge < -0.3 is 10.3 Å². The van der Waals surface area contributed by atoms with Crippen LogP contribution in [-0.2, 0) is 7.05 Å². The Bertz CT molecular complexity index is 494. The molecule has 1 heterocycles. The number of aromatic nitrogens is 2. The standard InChI is InChI=1S/C11H13N3/c1-14-9-4-2-3-8(12)10(9)13-11(14)7-5-6-7/h2-4,7H,5-6,12H2,1H3. The molecule has 3 rings (SSSR count). The Morgan fingerprint density at radius 1 is 1.43 bits per heavy atom. The molecule has 0 saturated heterocycles. The zero-order chi connectivity index (χ0) is 9.71. The molecule has 1 aliphatic carbocycles. The quantitative estimate of drug-likeness (QED) is 0.694. The molecule has 0 spiro atoms. The third-order valence-electron chi connectivity index (χ3n) is 2.92. The highest BCUT2D eigenvalue weighted by Crippen LogP contribution is 2.40. The summed E-state index contributed by atoms with van der Waals surface area (Å²) in [5.74, 6) is 1.87. The van der Waals surface area contributed by atoms with Gasteiger partial charge in [-0.3, -0.25) is 0 Å². The smallest absolute Gasteiger partial charge is 0.112 e. The fourth-order valence-electron chi connectivity index (χ4n) is 1.96. The summed E-state index contributed by atoms with van der Waals surface area (Å²) in [6, 6.07) is 5.96. The molecule has 1 saturated carbocycles. The molecule has 0 amide bonds. The zero-order valence-electron chi connectivity index (χ0n) is 8.20. The highest BCUT2D eigenvalue weighted by atomic mass is 15.1. The normalized spacial score (nSPS) is 16.4. The molecule has 14 heavy (non-hydrogen) atoms. The number of fused-ring (bicyclic) bond motifs is 1. The first-order valence-corrected chi connectivity index (χ1v) is 4.98. The number of hydrogen-bond donors (Lipinski definition) is 1. The van der Waals surface area contributed by atoms with E-state index >= 15 is 0 Å². The van der Waals surface area contributed by atoms with Crippen molar-refractivity contribution in [3.63, 3.8) is 0 Å². The SMILES string of the molecule is Cn1c(C2CC2)nc2c(N)cccc21. The minimum Gasteiger partial charge on any atom is -0.397 e. The van der Waals surface area contributed by atoms with Crippen molar-refractivity contribution in [2.45, 2.75) is 18.8 Å². The van der Waals surface area contributed by atoms with E-state index in [1.807, 2.05) is 12.1 Å². The summed E-state index contributed by atoms with van der Waals surface area (Å²) < 4.78 is 2.17. The molecular formula is C11H13N3. The summed E-state index contributed by atoms with van der Waals surface area (Å²) in [6.07, 6.45) is 2.55. The van der Waals surface area contributed by atoms with Gasteiger partial charge in [-0.1, -0.05) is 6.07 Å². The topological polar surface area (TPSA) is 43.8 Å². The van der Waals surface area contributed by atoms with Crippen molar-refractivity contribution in [2.75, 3.05) is 5.73 Å². The van der Waals surface area contributed by atoms with Crippen LogP contribution in [0.4, 0.5) is 5.69 Å². The van der Waals surface area contributed by atoms with E-state index in [2.05, 4.69) is 22.7 Å². The summed E-state index contributed by atoms with van der Waals surface area (Å²) in [6.45, 7) is 0. The highest BCUT2D eigenvalue weighted by Gasteiger charge is 2.28. The van der Waals surface area contributed by atoms with E-state index in [1.54, 1.807) is 0 Å². The van der Waals surface area contributed by atoms with Crippen LogP contribution in [0.25, 0.3) is 11.0 Å². The van der Waals surface area contributed by atoms with Gasteiger partial charge in [0.2, 0.25) is 0 Å². The lowest BCUT2D eigenvalue weighted by atomic mass is 10.3. The van der Waals surface area contributed by atoms with Crippen molar-refractivity contribution < 1.29 is 0 Å². The second kappa shape index (κ2) is 2.50. The first-order valence-electron chi connectivity index (χ1n) is 4.98. The number of aryl methyl sites for hydroxylation is 1. The van der Waals surface area contributed by atoms with Crippen molar-refractivity contribution in [1.29, 1.82) is 0 Å². The van der Waals surface area contributed by atoms with Gasteiger partial charge in [0.15, 0.2) is 0 Å². The molecule has 3 nitrogen and oxygen atoms in total. The molecule has 1 aromatic carbocycles. The molecule has 0 aliphatic heterocycles. The van der Waals surface area contributed by atoms with Crippen molar-refractivity contribution in [3.8, 4) is 0 Å². The van der Waals surface area contributed by atoms with Crippen LogP contribution in [0, 0.1) is 0 Å². The summed E-state index contributed by atoms with van der Waals surface area (Å²) in [4.78, 5) is 4.61. The van der Waals surface area contributed by atoms with Gasteiger partial charge in [0, 0.05) is 13.0 Å². The van der Waals surface area contributed by atoms with Gasteiger partial charge >= 0.3 is 0 Å². The molecule has 1 aliphatic rings. The molecule has 0 bridgehead atoms. The number of nitrogen functional groups attached to an aromatic ring is 1. The number of nitrogens with two attached hydrogens (primary N) is 1. The monoisotopic (exact) mass is 187 g/mol. The minimum atomic E-state index is 0.673. The Kier molecular flexibility index (Phi) is 1.40. The molecule has 1 fully saturated rings. The minimum absolute atomic E-state index is 0.673. The van der Waals surface area contributed by atoms with Crippen LogP contribution < -0.4 is 5.73 Å². The second-order valence-corrected chi connectivity index (χ2v) is 4.02. The van der Waals surface area contributed by atoms with Crippen molar-refractivity contribution in [3.05, 3.63) is 24.0 Å². The molecule has 2 aromatic rings. The average Bonchev–Trinajstić information content (AvgIpc) is 2.94. The van der Waals surface area contributed by atoms with Crippen LogP contribution in [0.15, 0.2) is 18.2 Å². The summed E-state index contributed by atoms with van der Waals surface area (Å²) in [5, 5.41) is 0. The van der Waals surface area contributed by atoms with Gasteiger partial charge in [0.25, 0.3) is 0 Å². The maximum atomic E-state index is 5.88. The van der Waals surface area contributed by atoms with Crippen LogP contribution >= 0.6 is 0 Å². The number of anilines is 1. The summed E-state index contributed by atoms with van der Waals surface area (Å²) in [5.41, 5.74) is 8.77. The number of hydrogen-bond acceptors (Lipinski definition) is 2. The number of imidazole rings is 1. The first kappa shape index (κ1) is 7.85. The van der Waals surface area contributed by atoms with Crippen LogP contribution in [0.3, 0.4) is 0 Å². The van der Waals surface area contributed by atoms with E-state index in [4.69, 9.17) is 5.73 Å². The molecule has 0 unspecified atom stereocenters. The highest BCUT2D eigenvalue weighted by molar-refractivity contribution is 5.87. The van der Waals surface area contributed by atoms with Gasteiger partial charge in [-0.2, -0.15) is 0 Å². The van der Waals surface area contributed by atoms with E-state index in [1.165, 1.54) is 18.7 Å². The lowest BCUT2D eigenvalue weighted by molar-refractivity contribution is 0.820. The van der Waals surface area contributed by atoms with Gasteiger partial charge in [-0.25, -0.2) is 4.98 Å². The van der Waals surface area contributed by atoms with E-state index in [0.717, 1.165) is 16.7 Å². The van der Waals surface area contributed by atoms with Crippen LogP contribution in [0.5, 0.6) is 0 Å². The van der Waals surface area contributed by atoms with Crippen molar-refractivity contribution in [2.24, 2.45) is 7.05 Å². The molecule has 2 N–H and O–H groups in total. The lowest BCUT2D eigenvalue weighted by Gasteiger charge is -1.98. The van der Waals surface area contributed by atoms with E-state index in [9.17, 15) is 0 Å². The predicted molar refractivity (Wildman–Crippen MR) is 57.1 cm³/mol. The third kappa shape index (κ3) is 0.953. The van der Waals surface area contributed by atoms with Crippen LogP contribution in [0.1, 0.15) is 24.6 Å². The van der Waals surface area contributed by atoms with E-state index in [-0.39, 0.29) is 0 Å². The first-order chi connectivity index (χ1) is 6.77. The molecule has 1 aromatic heterocycles. The van der Waals surface area contributed by atoms with Gasteiger partial charge in [0.1, 0.15) is 11.3 Å². The molecule has 0 radical (unpaired) electrons. The fourth-order valence-corrected chi connectivity index (χ4v) is 1.96. The largest absolute Gasteiger partial charge is 0.397 e. The van der Waals surface area contributed by atoms with Gasteiger partial charge in [0.05, 0.1) is 11.2 Å². The van der Waals surface area contributed by atoms with Crippen molar-refractivity contribution in [1.82, 2.24) is 9.55 Å². The molecular weight excluding hydrogens is 174 g/mol. The summed E-state index contributed by atoms with van der Waals surface area (Å²) in [7, 11) is 2.07. The Morgan fingerprint density at radius 2 is 2.21 bits per heavy atom. The Labute approximate surface area is 82.5 Å². The van der Waals surface area contributed by atoms with Gasteiger partial charge in [-0.15, -0.1) is 0 Å². The number of nitrogens with zero attached hydrogens (tertiary/aromatic N) is 2. The maximum absolute atomic E-state index is 5.88. The fraction of sp³-hybridized carbons (Fsp3) is 0.364. The number of para-hydroxylation sites is 1. The average molecular weight is 187 g/mol. The third-order valence-corrected chi connectivity index (χ3v) is 2.92. The van der Waals surface area contributed by atoms with Gasteiger partial charge in [-0.05, 0) is 25.0 Å². The molecule has 0 atom stereocenters. The summed E-state index contributed by atoms with van der Waals surface area (Å²) >= 11 is 0. The van der Waals surface area contributed by atoms with E-state index in [0.29, 0.717) is 5.92 Å². The number of rotatable bonds is 1. The Morgan fingerprint density at radius 3 is 2.86 bits per heavy atom. The second-order valence-electron chi connectivity index (χ2n) is 4.02. The molecule has 3 heteroatoms. The number of benzene rings is 1. The predicted octanol–water partition coefficient (Wildman–Crippen LogP) is 2.03. The van der Waals surface area contributed by atoms with Crippen LogP contribution in [-0.4, -0.2) is 9.55 Å². The maximum Gasteiger partial charge on any atom is 0.112 e.